The largest absolute Gasteiger partial charge is 0.494 e. The maximum Gasteiger partial charge on any atom is 0.251 e. The maximum atomic E-state index is 11.8. The standard InChI is InChI=1S/C13H20N2O2.ClH/c1-3-7-17-12-6-4-5-11(8-12)13(16)15-10(2)9-14;/h4-6,8,10H,3,7,9,14H2,1-2H3,(H,15,16);1H/t10-;/m0./s1. The van der Waals surface area contributed by atoms with Gasteiger partial charge in [-0.1, -0.05) is 13.0 Å². The van der Waals surface area contributed by atoms with Gasteiger partial charge in [0, 0.05) is 18.2 Å². The summed E-state index contributed by atoms with van der Waals surface area (Å²) < 4.78 is 5.47. The van der Waals surface area contributed by atoms with Crippen LogP contribution in [0.1, 0.15) is 30.6 Å². The number of halogens is 1. The number of rotatable bonds is 6. The Balaban J connectivity index is 0.00000289. The first kappa shape index (κ1) is 16.7. The van der Waals surface area contributed by atoms with Crippen molar-refractivity contribution < 1.29 is 9.53 Å². The van der Waals surface area contributed by atoms with E-state index in [1.165, 1.54) is 0 Å². The van der Waals surface area contributed by atoms with E-state index in [4.69, 9.17) is 10.5 Å². The van der Waals surface area contributed by atoms with Gasteiger partial charge in [-0.05, 0) is 31.5 Å². The number of nitrogens with one attached hydrogen (secondary N) is 1. The van der Waals surface area contributed by atoms with Crippen molar-refractivity contribution in [2.45, 2.75) is 26.3 Å². The van der Waals surface area contributed by atoms with Crippen LogP contribution in [0.25, 0.3) is 0 Å². The third-order valence-corrected chi connectivity index (χ3v) is 2.30. The molecule has 0 aromatic heterocycles. The molecular weight excluding hydrogens is 252 g/mol. The highest BCUT2D eigenvalue weighted by atomic mass is 35.5. The second-order valence-electron chi connectivity index (χ2n) is 3.99. The van der Waals surface area contributed by atoms with E-state index in [1.54, 1.807) is 12.1 Å². The summed E-state index contributed by atoms with van der Waals surface area (Å²) in [6.45, 7) is 5.00. The first-order valence-electron chi connectivity index (χ1n) is 5.91. The Morgan fingerprint density at radius 1 is 1.50 bits per heavy atom. The number of benzene rings is 1. The van der Waals surface area contributed by atoms with Crippen LogP contribution in [0.2, 0.25) is 0 Å². The minimum absolute atomic E-state index is 0. The third-order valence-electron chi connectivity index (χ3n) is 2.30. The number of ether oxygens (including phenoxy) is 1. The average molecular weight is 273 g/mol. The molecule has 0 saturated carbocycles. The number of hydrogen-bond donors (Lipinski definition) is 2. The van der Waals surface area contributed by atoms with E-state index < -0.39 is 0 Å². The third kappa shape index (κ3) is 5.38. The average Bonchev–Trinajstić information content (AvgIpc) is 2.36. The Morgan fingerprint density at radius 3 is 2.83 bits per heavy atom. The van der Waals surface area contributed by atoms with E-state index in [9.17, 15) is 4.79 Å². The molecule has 1 amide bonds. The Morgan fingerprint density at radius 2 is 2.22 bits per heavy atom. The van der Waals surface area contributed by atoms with Crippen molar-refractivity contribution in [3.05, 3.63) is 29.8 Å². The van der Waals surface area contributed by atoms with Crippen LogP contribution in [-0.2, 0) is 0 Å². The van der Waals surface area contributed by atoms with Crippen LogP contribution in [0.5, 0.6) is 5.75 Å². The SMILES string of the molecule is CCCOc1cccc(C(=O)N[C@@H](C)CN)c1.Cl. The summed E-state index contributed by atoms with van der Waals surface area (Å²) in [5.74, 6) is 0.602. The molecule has 18 heavy (non-hydrogen) atoms. The molecule has 0 bridgehead atoms. The monoisotopic (exact) mass is 272 g/mol. The number of hydrogen-bond acceptors (Lipinski definition) is 3. The molecule has 4 nitrogen and oxygen atoms in total. The molecule has 0 spiro atoms. The van der Waals surface area contributed by atoms with Gasteiger partial charge < -0.3 is 15.8 Å². The Kier molecular flexibility index (Phi) is 8.16. The highest BCUT2D eigenvalue weighted by Gasteiger charge is 2.09. The predicted molar refractivity (Wildman–Crippen MR) is 75.5 cm³/mol. The molecule has 0 aliphatic rings. The lowest BCUT2D eigenvalue weighted by Crippen LogP contribution is -2.37. The molecule has 0 radical (unpaired) electrons. The van der Waals surface area contributed by atoms with Crippen molar-refractivity contribution in [1.29, 1.82) is 0 Å². The molecular formula is C13H21ClN2O2. The van der Waals surface area contributed by atoms with Gasteiger partial charge in [-0.25, -0.2) is 0 Å². The van der Waals surface area contributed by atoms with Gasteiger partial charge in [-0.15, -0.1) is 12.4 Å². The fourth-order valence-electron chi connectivity index (χ4n) is 1.31. The molecule has 0 fully saturated rings. The summed E-state index contributed by atoms with van der Waals surface area (Å²) >= 11 is 0. The minimum atomic E-state index is -0.120. The molecule has 0 aliphatic heterocycles. The maximum absolute atomic E-state index is 11.8. The van der Waals surface area contributed by atoms with Crippen LogP contribution in [0.15, 0.2) is 24.3 Å². The molecule has 1 aromatic carbocycles. The van der Waals surface area contributed by atoms with Crippen molar-refractivity contribution >= 4 is 18.3 Å². The van der Waals surface area contributed by atoms with Gasteiger partial charge in [-0.2, -0.15) is 0 Å². The number of amides is 1. The highest BCUT2D eigenvalue weighted by molar-refractivity contribution is 5.94. The lowest BCUT2D eigenvalue weighted by molar-refractivity contribution is 0.0941. The zero-order valence-electron chi connectivity index (χ0n) is 10.8. The molecule has 0 unspecified atom stereocenters. The fraction of sp³-hybridized carbons (Fsp3) is 0.462. The Labute approximate surface area is 114 Å². The molecule has 3 N–H and O–H groups in total. The van der Waals surface area contributed by atoms with Crippen LogP contribution in [-0.4, -0.2) is 25.1 Å². The van der Waals surface area contributed by atoms with E-state index in [1.807, 2.05) is 26.0 Å². The quantitative estimate of drug-likeness (QED) is 0.832. The Hall–Kier alpha value is -1.26. The molecule has 1 rings (SSSR count). The summed E-state index contributed by atoms with van der Waals surface area (Å²) in [6.07, 6.45) is 0.945. The summed E-state index contributed by atoms with van der Waals surface area (Å²) in [6, 6.07) is 7.14. The van der Waals surface area contributed by atoms with Gasteiger partial charge >= 0.3 is 0 Å². The first-order valence-corrected chi connectivity index (χ1v) is 5.91. The second-order valence-corrected chi connectivity index (χ2v) is 3.99. The molecule has 0 saturated heterocycles. The minimum Gasteiger partial charge on any atom is -0.494 e. The van der Waals surface area contributed by atoms with E-state index >= 15 is 0 Å². The van der Waals surface area contributed by atoms with Crippen molar-refractivity contribution in [2.75, 3.05) is 13.2 Å². The summed E-state index contributed by atoms with van der Waals surface area (Å²) in [7, 11) is 0. The van der Waals surface area contributed by atoms with Gasteiger partial charge in [-0.3, -0.25) is 4.79 Å². The topological polar surface area (TPSA) is 64.3 Å². The summed E-state index contributed by atoms with van der Waals surface area (Å²) in [5.41, 5.74) is 6.05. The lowest BCUT2D eigenvalue weighted by atomic mass is 10.2. The second kappa shape index (κ2) is 8.78. The van der Waals surface area contributed by atoms with Crippen molar-refractivity contribution in [3.63, 3.8) is 0 Å². The van der Waals surface area contributed by atoms with Gasteiger partial charge in [0.2, 0.25) is 0 Å². The van der Waals surface area contributed by atoms with Gasteiger partial charge in [0.25, 0.3) is 5.91 Å². The highest BCUT2D eigenvalue weighted by Crippen LogP contribution is 2.13. The molecule has 5 heteroatoms. The van der Waals surface area contributed by atoms with Crippen LogP contribution < -0.4 is 15.8 Å². The predicted octanol–water partition coefficient (Wildman–Crippen LogP) is 1.97. The number of carbonyl (C=O) groups is 1. The van der Waals surface area contributed by atoms with E-state index in [0.29, 0.717) is 18.7 Å². The smallest absolute Gasteiger partial charge is 0.251 e. The summed E-state index contributed by atoms with van der Waals surface area (Å²) in [4.78, 5) is 11.8. The number of nitrogens with two attached hydrogens (primary N) is 1. The van der Waals surface area contributed by atoms with Gasteiger partial charge in [0.05, 0.1) is 6.61 Å². The van der Waals surface area contributed by atoms with Crippen molar-refractivity contribution in [2.24, 2.45) is 5.73 Å². The molecule has 0 aliphatic carbocycles. The van der Waals surface area contributed by atoms with Crippen LogP contribution in [0.4, 0.5) is 0 Å². The Bertz CT molecular complexity index is 372. The van der Waals surface area contributed by atoms with Crippen molar-refractivity contribution in [1.82, 2.24) is 5.32 Å². The van der Waals surface area contributed by atoms with Crippen molar-refractivity contribution in [3.8, 4) is 5.75 Å². The molecule has 1 aromatic rings. The van der Waals surface area contributed by atoms with Crippen LogP contribution >= 0.6 is 12.4 Å². The van der Waals surface area contributed by atoms with E-state index in [0.717, 1.165) is 12.2 Å². The number of carbonyl (C=O) groups excluding carboxylic acids is 1. The van der Waals surface area contributed by atoms with Gasteiger partial charge in [0.1, 0.15) is 5.75 Å². The summed E-state index contributed by atoms with van der Waals surface area (Å²) in [5, 5.41) is 2.81. The van der Waals surface area contributed by atoms with Crippen LogP contribution in [0, 0.1) is 0 Å². The fourth-order valence-corrected chi connectivity index (χ4v) is 1.31. The normalized spacial score (nSPS) is 11.3. The van der Waals surface area contributed by atoms with Crippen LogP contribution in [0.3, 0.4) is 0 Å². The lowest BCUT2D eigenvalue weighted by Gasteiger charge is -2.12. The first-order chi connectivity index (χ1) is 8.17. The zero-order chi connectivity index (χ0) is 12.7. The zero-order valence-corrected chi connectivity index (χ0v) is 11.6. The van der Waals surface area contributed by atoms with E-state index in [-0.39, 0.29) is 24.4 Å². The van der Waals surface area contributed by atoms with E-state index in [2.05, 4.69) is 5.32 Å². The molecule has 102 valence electrons. The molecule has 0 heterocycles. The molecule has 1 atom stereocenters. The van der Waals surface area contributed by atoms with Gasteiger partial charge in [0.15, 0.2) is 0 Å².